The van der Waals surface area contributed by atoms with Gasteiger partial charge in [-0.15, -0.1) is 0 Å². The molecule has 0 heterocycles. The van der Waals surface area contributed by atoms with E-state index in [-0.39, 0.29) is 23.6 Å². The number of benzene rings is 2. The molecular formula is C17H19ClFNO3S. The molecule has 0 spiro atoms. The summed E-state index contributed by atoms with van der Waals surface area (Å²) in [5.41, 5.74) is 2.07. The lowest BCUT2D eigenvalue weighted by atomic mass is 10.1. The van der Waals surface area contributed by atoms with Crippen LogP contribution >= 0.6 is 11.6 Å². The Morgan fingerprint density at radius 2 is 1.71 bits per heavy atom. The lowest BCUT2D eigenvalue weighted by molar-refractivity contribution is 0.322. The number of aryl methyl sites for hydroxylation is 3. The van der Waals surface area contributed by atoms with Crippen LogP contribution in [0.2, 0.25) is 5.02 Å². The van der Waals surface area contributed by atoms with Crippen molar-refractivity contribution < 1.29 is 17.5 Å². The Bertz CT molecular complexity index is 830. The number of hydrogen-bond donors (Lipinski definition) is 1. The summed E-state index contributed by atoms with van der Waals surface area (Å²) in [6.45, 7) is 5.53. The van der Waals surface area contributed by atoms with Gasteiger partial charge in [-0.1, -0.05) is 11.6 Å². The summed E-state index contributed by atoms with van der Waals surface area (Å²) in [7, 11) is -3.69. The lowest BCUT2D eigenvalue weighted by Gasteiger charge is -2.11. The van der Waals surface area contributed by atoms with Gasteiger partial charge in [0.1, 0.15) is 18.2 Å². The Morgan fingerprint density at radius 1 is 1.08 bits per heavy atom. The highest BCUT2D eigenvalue weighted by Crippen LogP contribution is 2.25. The quantitative estimate of drug-likeness (QED) is 0.786. The first-order chi connectivity index (χ1) is 11.2. The van der Waals surface area contributed by atoms with Gasteiger partial charge in [-0.3, -0.25) is 0 Å². The molecule has 0 amide bonds. The minimum atomic E-state index is -3.69. The summed E-state index contributed by atoms with van der Waals surface area (Å²) >= 11 is 6.09. The zero-order valence-electron chi connectivity index (χ0n) is 13.7. The van der Waals surface area contributed by atoms with Crippen molar-refractivity contribution in [2.45, 2.75) is 25.7 Å². The molecule has 2 rings (SSSR count). The highest BCUT2D eigenvalue weighted by Gasteiger charge is 2.14. The van der Waals surface area contributed by atoms with Gasteiger partial charge in [0.25, 0.3) is 0 Å². The number of sulfonamides is 1. The summed E-state index contributed by atoms with van der Waals surface area (Å²) in [6, 6.07) is 7.27. The van der Waals surface area contributed by atoms with Crippen LogP contribution in [0.5, 0.6) is 5.75 Å². The Hall–Kier alpha value is -1.63. The van der Waals surface area contributed by atoms with Crippen LogP contribution in [0.25, 0.3) is 0 Å². The predicted molar refractivity (Wildman–Crippen MR) is 92.7 cm³/mol. The second-order valence-corrected chi connectivity index (χ2v) is 7.67. The average molecular weight is 372 g/mol. The van der Waals surface area contributed by atoms with Gasteiger partial charge in [-0.2, -0.15) is 0 Å². The Balaban J connectivity index is 1.95. The summed E-state index contributed by atoms with van der Waals surface area (Å²) < 4.78 is 45.5. The molecule has 0 aliphatic carbocycles. The van der Waals surface area contributed by atoms with Crippen LogP contribution in [-0.4, -0.2) is 21.6 Å². The van der Waals surface area contributed by atoms with E-state index in [1.54, 1.807) is 12.1 Å². The van der Waals surface area contributed by atoms with E-state index in [4.69, 9.17) is 16.3 Å². The van der Waals surface area contributed by atoms with Crippen molar-refractivity contribution in [1.29, 1.82) is 0 Å². The minimum absolute atomic E-state index is 0.0274. The van der Waals surface area contributed by atoms with Crippen molar-refractivity contribution in [3.63, 3.8) is 0 Å². The molecule has 2 aromatic carbocycles. The number of ether oxygens (including phenoxy) is 1. The number of nitrogens with one attached hydrogen (secondary N) is 1. The topological polar surface area (TPSA) is 55.4 Å². The van der Waals surface area contributed by atoms with Crippen molar-refractivity contribution in [1.82, 2.24) is 4.72 Å². The van der Waals surface area contributed by atoms with E-state index in [1.807, 2.05) is 13.8 Å². The normalized spacial score (nSPS) is 11.5. The maximum atomic E-state index is 13.2. The molecule has 0 fully saturated rings. The third kappa shape index (κ3) is 4.47. The molecule has 0 saturated carbocycles. The lowest BCUT2D eigenvalue weighted by Crippen LogP contribution is -2.28. The van der Waals surface area contributed by atoms with Crippen LogP contribution in [0, 0.1) is 26.6 Å². The second kappa shape index (κ2) is 7.51. The highest BCUT2D eigenvalue weighted by atomic mass is 35.5. The van der Waals surface area contributed by atoms with E-state index in [0.717, 1.165) is 17.2 Å². The van der Waals surface area contributed by atoms with Gasteiger partial charge in [0.15, 0.2) is 0 Å². The van der Waals surface area contributed by atoms with E-state index in [1.165, 1.54) is 19.1 Å². The fourth-order valence-corrected chi connectivity index (χ4v) is 3.41. The minimum Gasteiger partial charge on any atom is -0.492 e. The van der Waals surface area contributed by atoms with E-state index in [9.17, 15) is 12.8 Å². The van der Waals surface area contributed by atoms with Crippen LogP contribution in [0.4, 0.5) is 4.39 Å². The maximum absolute atomic E-state index is 13.2. The summed E-state index contributed by atoms with van der Waals surface area (Å²) in [6.07, 6.45) is 0. The molecule has 0 unspecified atom stereocenters. The van der Waals surface area contributed by atoms with Crippen molar-refractivity contribution in [3.05, 3.63) is 57.9 Å². The van der Waals surface area contributed by atoms with Crippen LogP contribution in [-0.2, 0) is 10.0 Å². The highest BCUT2D eigenvalue weighted by molar-refractivity contribution is 7.89. The molecule has 0 aliphatic rings. The SMILES string of the molecule is Cc1cc(S(=O)(=O)NCCOc2cc(C)c(Cl)c(C)c2)ccc1F. The van der Waals surface area contributed by atoms with Crippen molar-refractivity contribution in [2.75, 3.05) is 13.2 Å². The van der Waals surface area contributed by atoms with E-state index in [0.29, 0.717) is 10.8 Å². The Kier molecular flexibility index (Phi) is 5.85. The molecule has 0 aliphatic heterocycles. The Morgan fingerprint density at radius 3 is 2.29 bits per heavy atom. The number of rotatable bonds is 6. The summed E-state index contributed by atoms with van der Waals surface area (Å²) in [5.74, 6) is 0.192. The molecule has 0 radical (unpaired) electrons. The van der Waals surface area contributed by atoms with E-state index in [2.05, 4.69) is 4.72 Å². The van der Waals surface area contributed by atoms with E-state index < -0.39 is 15.8 Å². The number of halogens is 2. The van der Waals surface area contributed by atoms with Crippen LogP contribution in [0.3, 0.4) is 0 Å². The van der Waals surface area contributed by atoms with Crippen molar-refractivity contribution in [2.24, 2.45) is 0 Å². The first-order valence-electron chi connectivity index (χ1n) is 7.36. The molecule has 0 bridgehead atoms. The fraction of sp³-hybridized carbons (Fsp3) is 0.294. The van der Waals surface area contributed by atoms with Gasteiger partial charge in [0.2, 0.25) is 10.0 Å². The van der Waals surface area contributed by atoms with Crippen LogP contribution in [0.1, 0.15) is 16.7 Å². The molecule has 7 heteroatoms. The van der Waals surface area contributed by atoms with Crippen molar-refractivity contribution >= 4 is 21.6 Å². The molecule has 4 nitrogen and oxygen atoms in total. The van der Waals surface area contributed by atoms with Crippen LogP contribution < -0.4 is 9.46 Å². The van der Waals surface area contributed by atoms with Crippen molar-refractivity contribution in [3.8, 4) is 5.75 Å². The third-order valence-electron chi connectivity index (χ3n) is 3.51. The third-order valence-corrected chi connectivity index (χ3v) is 5.57. The van der Waals surface area contributed by atoms with Gasteiger partial charge >= 0.3 is 0 Å². The predicted octanol–water partition coefficient (Wildman–Crippen LogP) is 3.76. The smallest absolute Gasteiger partial charge is 0.240 e. The molecule has 0 saturated heterocycles. The first-order valence-corrected chi connectivity index (χ1v) is 9.22. The van der Waals surface area contributed by atoms with Gasteiger partial charge in [0, 0.05) is 11.6 Å². The summed E-state index contributed by atoms with van der Waals surface area (Å²) in [4.78, 5) is 0.0274. The van der Waals surface area contributed by atoms with E-state index >= 15 is 0 Å². The zero-order chi connectivity index (χ0) is 17.9. The molecular weight excluding hydrogens is 353 g/mol. The molecule has 0 atom stereocenters. The van der Waals surface area contributed by atoms with Gasteiger partial charge in [-0.05, 0) is 67.8 Å². The molecule has 24 heavy (non-hydrogen) atoms. The standard InChI is InChI=1S/C17H19ClFNO3S/c1-11-10-15(4-5-16(11)19)24(21,22)20-6-7-23-14-8-12(2)17(18)13(3)9-14/h4-5,8-10,20H,6-7H2,1-3H3. The van der Waals surface area contributed by atoms with Gasteiger partial charge < -0.3 is 4.74 Å². The summed E-state index contributed by atoms with van der Waals surface area (Å²) in [5, 5.41) is 0.690. The van der Waals surface area contributed by atoms with Gasteiger partial charge in [0.05, 0.1) is 4.90 Å². The van der Waals surface area contributed by atoms with Crippen LogP contribution in [0.15, 0.2) is 35.2 Å². The largest absolute Gasteiger partial charge is 0.492 e. The molecule has 1 N–H and O–H groups in total. The zero-order valence-corrected chi connectivity index (χ0v) is 15.3. The Labute approximate surface area is 146 Å². The first kappa shape index (κ1) is 18.7. The monoisotopic (exact) mass is 371 g/mol. The maximum Gasteiger partial charge on any atom is 0.240 e. The number of hydrogen-bond acceptors (Lipinski definition) is 3. The second-order valence-electron chi connectivity index (χ2n) is 5.53. The molecule has 2 aromatic rings. The van der Waals surface area contributed by atoms with Gasteiger partial charge in [-0.25, -0.2) is 17.5 Å². The molecule has 0 aromatic heterocycles. The average Bonchev–Trinajstić information content (AvgIpc) is 2.51. The molecule has 130 valence electrons. The fourth-order valence-electron chi connectivity index (χ4n) is 2.20.